The standard InChI is InChI=1S/C23H19F4N3O4S/c1-4-16-12-15(13-18(24)22(16)30-35(3,32)33)14-28-21(31)10-8-17-7-9-20(23(25,26)27)29-19(17)6-5-11-34-2/h1,7-10,12-13,30H,11,14H2,2-3H3,(H,28,31)/b10-8-. The van der Waals surface area contributed by atoms with Crippen molar-refractivity contribution >= 4 is 27.7 Å². The molecule has 1 amide bonds. The van der Waals surface area contributed by atoms with Crippen molar-refractivity contribution in [3.05, 3.63) is 64.2 Å². The molecule has 1 aromatic carbocycles. The van der Waals surface area contributed by atoms with Gasteiger partial charge in [0.15, 0.2) is 0 Å². The molecule has 0 aliphatic heterocycles. The second-order valence-corrected chi connectivity index (χ2v) is 8.69. The Hall–Kier alpha value is -3.87. The van der Waals surface area contributed by atoms with Crippen LogP contribution in [0.5, 0.6) is 0 Å². The first-order valence-corrected chi connectivity index (χ1v) is 11.5. The van der Waals surface area contributed by atoms with Crippen LogP contribution in [0.25, 0.3) is 6.08 Å². The average molecular weight is 509 g/mol. The number of hydrogen-bond donors (Lipinski definition) is 2. The van der Waals surface area contributed by atoms with E-state index in [1.807, 2.05) is 4.72 Å². The van der Waals surface area contributed by atoms with Gasteiger partial charge in [-0.05, 0) is 41.8 Å². The molecule has 7 nitrogen and oxygen atoms in total. The molecule has 12 heteroatoms. The maximum absolute atomic E-state index is 14.4. The molecule has 0 unspecified atom stereocenters. The molecule has 0 aliphatic carbocycles. The third-order valence-corrected chi connectivity index (χ3v) is 4.69. The van der Waals surface area contributed by atoms with Gasteiger partial charge < -0.3 is 10.1 Å². The summed E-state index contributed by atoms with van der Waals surface area (Å²) >= 11 is 0. The van der Waals surface area contributed by atoms with Crippen LogP contribution in [-0.2, 0) is 32.3 Å². The summed E-state index contributed by atoms with van der Waals surface area (Å²) in [6.07, 6.45) is 3.77. The van der Waals surface area contributed by atoms with Gasteiger partial charge in [-0.25, -0.2) is 17.8 Å². The lowest BCUT2D eigenvalue weighted by molar-refractivity contribution is -0.141. The molecule has 0 bridgehead atoms. The fourth-order valence-electron chi connectivity index (χ4n) is 2.64. The van der Waals surface area contributed by atoms with Gasteiger partial charge in [-0.3, -0.25) is 9.52 Å². The third-order valence-electron chi connectivity index (χ3n) is 4.11. The maximum Gasteiger partial charge on any atom is 0.433 e. The van der Waals surface area contributed by atoms with Gasteiger partial charge in [0.1, 0.15) is 23.8 Å². The zero-order valence-corrected chi connectivity index (χ0v) is 19.3. The summed E-state index contributed by atoms with van der Waals surface area (Å²) in [6, 6.07) is 4.21. The van der Waals surface area contributed by atoms with Gasteiger partial charge in [0.25, 0.3) is 0 Å². The molecule has 0 spiro atoms. The SMILES string of the molecule is C#Cc1cc(CNC(=O)/C=C\c2ccc(C(F)(F)F)nc2C#CCOC)cc(F)c1NS(C)(=O)=O. The van der Waals surface area contributed by atoms with Crippen LogP contribution in [0.1, 0.15) is 28.1 Å². The molecule has 0 radical (unpaired) electrons. The summed E-state index contributed by atoms with van der Waals surface area (Å²) in [7, 11) is -2.41. The molecule has 0 atom stereocenters. The summed E-state index contributed by atoms with van der Waals surface area (Å²) in [6.45, 7) is -0.198. The van der Waals surface area contributed by atoms with Crippen LogP contribution in [0.4, 0.5) is 23.2 Å². The van der Waals surface area contributed by atoms with Crippen LogP contribution in [-0.4, -0.2) is 39.3 Å². The molecule has 0 fully saturated rings. The van der Waals surface area contributed by atoms with Gasteiger partial charge >= 0.3 is 6.18 Å². The number of amides is 1. The number of benzene rings is 1. The van der Waals surface area contributed by atoms with Crippen molar-refractivity contribution in [2.24, 2.45) is 0 Å². The van der Waals surface area contributed by atoms with Crippen LogP contribution in [0.3, 0.4) is 0 Å². The van der Waals surface area contributed by atoms with E-state index in [9.17, 15) is 30.8 Å². The van der Waals surface area contributed by atoms with E-state index in [0.717, 1.165) is 30.5 Å². The minimum absolute atomic E-state index is 0.0315. The fourth-order valence-corrected chi connectivity index (χ4v) is 3.21. The van der Waals surface area contributed by atoms with Gasteiger partial charge in [0.2, 0.25) is 15.9 Å². The molecule has 1 aromatic heterocycles. The third kappa shape index (κ3) is 8.45. The number of anilines is 1. The van der Waals surface area contributed by atoms with Crippen molar-refractivity contribution in [3.8, 4) is 24.2 Å². The second kappa shape index (κ2) is 11.5. The monoisotopic (exact) mass is 509 g/mol. The van der Waals surface area contributed by atoms with Gasteiger partial charge in [-0.1, -0.05) is 11.8 Å². The number of nitrogens with one attached hydrogen (secondary N) is 2. The number of hydrogen-bond acceptors (Lipinski definition) is 5. The van der Waals surface area contributed by atoms with Gasteiger partial charge in [0, 0.05) is 25.3 Å². The van der Waals surface area contributed by atoms with Crippen molar-refractivity contribution in [1.29, 1.82) is 0 Å². The number of ether oxygens (including phenoxy) is 1. The van der Waals surface area contributed by atoms with E-state index in [4.69, 9.17) is 11.2 Å². The highest BCUT2D eigenvalue weighted by molar-refractivity contribution is 7.92. The number of halogens is 4. The van der Waals surface area contributed by atoms with E-state index in [1.54, 1.807) is 0 Å². The number of nitrogens with zero attached hydrogens (tertiary/aromatic N) is 1. The number of sulfonamides is 1. The highest BCUT2D eigenvalue weighted by Gasteiger charge is 2.32. The molecule has 2 aromatic rings. The van der Waals surface area contributed by atoms with E-state index in [2.05, 4.69) is 28.1 Å². The topological polar surface area (TPSA) is 97.4 Å². The van der Waals surface area contributed by atoms with E-state index in [0.29, 0.717) is 0 Å². The predicted octanol–water partition coefficient (Wildman–Crippen LogP) is 2.92. The van der Waals surface area contributed by atoms with Crippen molar-refractivity contribution in [2.75, 3.05) is 24.7 Å². The van der Waals surface area contributed by atoms with Crippen LogP contribution in [0.15, 0.2) is 30.3 Å². The Morgan fingerprint density at radius 2 is 2.00 bits per heavy atom. The first-order valence-electron chi connectivity index (χ1n) is 9.63. The van der Waals surface area contributed by atoms with Crippen LogP contribution in [0, 0.1) is 30.0 Å². The minimum atomic E-state index is -4.67. The van der Waals surface area contributed by atoms with E-state index in [-0.39, 0.29) is 41.2 Å². The fraction of sp³-hybridized carbons (Fsp3) is 0.217. The highest BCUT2D eigenvalue weighted by Crippen LogP contribution is 2.28. The molecule has 184 valence electrons. The number of carbonyl (C=O) groups is 1. The molecule has 2 N–H and O–H groups in total. The Balaban J connectivity index is 2.19. The van der Waals surface area contributed by atoms with Crippen LogP contribution in [0.2, 0.25) is 0 Å². The first kappa shape index (κ1) is 27.4. The number of terminal acetylenes is 1. The van der Waals surface area contributed by atoms with Gasteiger partial charge in [0.05, 0.1) is 17.5 Å². The zero-order valence-electron chi connectivity index (χ0n) is 18.5. The number of methoxy groups -OCH3 is 1. The summed E-state index contributed by atoms with van der Waals surface area (Å²) in [5.74, 6) is 5.57. The van der Waals surface area contributed by atoms with Crippen molar-refractivity contribution in [3.63, 3.8) is 0 Å². The molecule has 35 heavy (non-hydrogen) atoms. The van der Waals surface area contributed by atoms with E-state index < -0.39 is 33.6 Å². The predicted molar refractivity (Wildman–Crippen MR) is 122 cm³/mol. The zero-order chi connectivity index (χ0) is 26.2. The number of aromatic nitrogens is 1. The molecule has 2 rings (SSSR count). The highest BCUT2D eigenvalue weighted by atomic mass is 32.2. The quantitative estimate of drug-likeness (QED) is 0.340. The Labute approximate surface area is 199 Å². The molecule has 1 heterocycles. The molecule has 0 saturated heterocycles. The van der Waals surface area contributed by atoms with E-state index in [1.165, 1.54) is 19.3 Å². The Morgan fingerprint density at radius 1 is 1.29 bits per heavy atom. The van der Waals surface area contributed by atoms with Crippen molar-refractivity contribution in [2.45, 2.75) is 12.7 Å². The minimum Gasteiger partial charge on any atom is -0.372 e. The van der Waals surface area contributed by atoms with Gasteiger partial charge in [-0.15, -0.1) is 6.42 Å². The summed E-state index contributed by atoms with van der Waals surface area (Å²) in [5, 5.41) is 2.47. The van der Waals surface area contributed by atoms with Crippen LogP contribution >= 0.6 is 0 Å². The van der Waals surface area contributed by atoms with Gasteiger partial charge in [-0.2, -0.15) is 13.2 Å². The normalized spacial score (nSPS) is 11.5. The number of rotatable bonds is 7. The number of carbonyl (C=O) groups excluding carboxylic acids is 1. The Morgan fingerprint density at radius 3 is 2.60 bits per heavy atom. The largest absolute Gasteiger partial charge is 0.433 e. The Kier molecular flexibility index (Phi) is 9.00. The summed E-state index contributed by atoms with van der Waals surface area (Å²) in [5.41, 5.74) is -1.38. The summed E-state index contributed by atoms with van der Waals surface area (Å²) < 4.78 is 82.8. The molecular weight excluding hydrogens is 490 g/mol. The Bertz CT molecular complexity index is 1350. The molecule has 0 saturated carbocycles. The lowest BCUT2D eigenvalue weighted by Gasteiger charge is -2.11. The number of pyridine rings is 1. The van der Waals surface area contributed by atoms with Crippen molar-refractivity contribution < 1.29 is 35.5 Å². The summed E-state index contributed by atoms with van der Waals surface area (Å²) in [4.78, 5) is 15.7. The lowest BCUT2D eigenvalue weighted by Crippen LogP contribution is -2.21. The maximum atomic E-state index is 14.4. The smallest absolute Gasteiger partial charge is 0.372 e. The molecular formula is C23H19F4N3O4S. The average Bonchev–Trinajstić information content (AvgIpc) is 2.76. The first-order chi connectivity index (χ1) is 16.3. The lowest BCUT2D eigenvalue weighted by atomic mass is 10.1. The molecule has 0 aliphatic rings. The number of alkyl halides is 3. The second-order valence-electron chi connectivity index (χ2n) is 6.94. The van der Waals surface area contributed by atoms with E-state index >= 15 is 0 Å². The van der Waals surface area contributed by atoms with Crippen LogP contribution < -0.4 is 10.0 Å². The van der Waals surface area contributed by atoms with Crippen molar-refractivity contribution in [1.82, 2.24) is 10.3 Å².